The van der Waals surface area contributed by atoms with Crippen LogP contribution in [0.25, 0.3) is 0 Å². The van der Waals surface area contributed by atoms with E-state index in [9.17, 15) is 9.90 Å². The van der Waals surface area contributed by atoms with Crippen LogP contribution in [0.2, 0.25) is 0 Å². The normalized spacial score (nSPS) is 32.1. The van der Waals surface area contributed by atoms with Crippen LogP contribution < -0.4 is 0 Å². The second kappa shape index (κ2) is 6.99. The van der Waals surface area contributed by atoms with Crippen molar-refractivity contribution in [2.24, 2.45) is 5.92 Å². The Morgan fingerprint density at radius 2 is 1.72 bits per heavy atom. The van der Waals surface area contributed by atoms with Gasteiger partial charge in [0.15, 0.2) is 0 Å². The van der Waals surface area contributed by atoms with Gasteiger partial charge in [-0.2, -0.15) is 0 Å². The molecule has 1 N–H and O–H groups in total. The number of hydrogen-bond donors (Lipinski definition) is 1. The molecular formula is C21H29NO3. The van der Waals surface area contributed by atoms with Crippen molar-refractivity contribution < 1.29 is 14.6 Å². The van der Waals surface area contributed by atoms with E-state index in [1.165, 1.54) is 19.3 Å². The summed E-state index contributed by atoms with van der Waals surface area (Å²) in [5.74, 6) is 0.697. The first-order valence-corrected chi connectivity index (χ1v) is 9.84. The van der Waals surface area contributed by atoms with Gasteiger partial charge in [-0.25, -0.2) is 4.79 Å². The highest BCUT2D eigenvalue weighted by atomic mass is 16.6. The van der Waals surface area contributed by atoms with E-state index in [-0.39, 0.29) is 18.2 Å². The minimum Gasteiger partial charge on any atom is -0.445 e. The van der Waals surface area contributed by atoms with Crippen molar-refractivity contribution in [1.82, 2.24) is 4.90 Å². The zero-order chi connectivity index (χ0) is 17.3. The molecule has 1 amide bonds. The van der Waals surface area contributed by atoms with Crippen molar-refractivity contribution in [2.75, 3.05) is 0 Å². The summed E-state index contributed by atoms with van der Waals surface area (Å²) in [6.45, 7) is 0.321. The number of carbonyl (C=O) groups is 1. The molecule has 136 valence electrons. The first kappa shape index (κ1) is 16.9. The Morgan fingerprint density at radius 1 is 1.08 bits per heavy atom. The van der Waals surface area contributed by atoms with Gasteiger partial charge in [0.25, 0.3) is 0 Å². The fourth-order valence-electron chi connectivity index (χ4n) is 5.02. The van der Waals surface area contributed by atoms with E-state index < -0.39 is 5.60 Å². The van der Waals surface area contributed by atoms with Gasteiger partial charge in [0.1, 0.15) is 6.61 Å². The number of aliphatic hydroxyl groups is 1. The van der Waals surface area contributed by atoms with Crippen LogP contribution in [0.15, 0.2) is 30.3 Å². The lowest BCUT2D eigenvalue weighted by Gasteiger charge is -2.52. The first-order valence-electron chi connectivity index (χ1n) is 9.84. The Labute approximate surface area is 150 Å². The number of rotatable bonds is 4. The highest BCUT2D eigenvalue weighted by molar-refractivity contribution is 5.69. The third-order valence-corrected chi connectivity index (χ3v) is 6.40. The number of ether oxygens (including phenoxy) is 1. The molecule has 4 heteroatoms. The van der Waals surface area contributed by atoms with Crippen molar-refractivity contribution in [3.63, 3.8) is 0 Å². The smallest absolute Gasteiger partial charge is 0.410 e. The summed E-state index contributed by atoms with van der Waals surface area (Å²) in [6, 6.07) is 10.1. The third-order valence-electron chi connectivity index (χ3n) is 6.40. The number of fused-ring (bicyclic) bond motifs is 2. The van der Waals surface area contributed by atoms with Crippen molar-refractivity contribution in [3.8, 4) is 0 Å². The van der Waals surface area contributed by atoms with Crippen LogP contribution in [0.5, 0.6) is 0 Å². The summed E-state index contributed by atoms with van der Waals surface area (Å²) < 4.78 is 5.59. The van der Waals surface area contributed by atoms with Crippen LogP contribution >= 0.6 is 0 Å². The van der Waals surface area contributed by atoms with Gasteiger partial charge in [-0.05, 0) is 50.0 Å². The van der Waals surface area contributed by atoms with Crippen LogP contribution in [-0.2, 0) is 11.3 Å². The molecule has 2 aliphatic heterocycles. The fourth-order valence-corrected chi connectivity index (χ4v) is 5.02. The van der Waals surface area contributed by atoms with Crippen molar-refractivity contribution in [3.05, 3.63) is 35.9 Å². The van der Waals surface area contributed by atoms with Gasteiger partial charge in [-0.15, -0.1) is 0 Å². The van der Waals surface area contributed by atoms with Crippen LogP contribution in [0.1, 0.15) is 63.4 Å². The molecule has 2 heterocycles. The molecule has 2 bridgehead atoms. The number of carbonyl (C=O) groups excluding carboxylic acids is 1. The molecule has 0 radical (unpaired) electrons. The molecule has 25 heavy (non-hydrogen) atoms. The minimum atomic E-state index is -0.572. The highest BCUT2D eigenvalue weighted by Crippen LogP contribution is 2.45. The number of amides is 1. The summed E-state index contributed by atoms with van der Waals surface area (Å²) in [5.41, 5.74) is 0.441. The Kier molecular flexibility index (Phi) is 4.72. The van der Waals surface area contributed by atoms with Gasteiger partial charge in [-0.3, -0.25) is 0 Å². The predicted molar refractivity (Wildman–Crippen MR) is 96.0 cm³/mol. The lowest BCUT2D eigenvalue weighted by molar-refractivity contribution is -0.100. The summed E-state index contributed by atoms with van der Waals surface area (Å²) in [4.78, 5) is 14.7. The second-order valence-corrected chi connectivity index (χ2v) is 8.32. The summed E-state index contributed by atoms with van der Waals surface area (Å²) in [5, 5.41) is 11.1. The molecule has 2 unspecified atom stereocenters. The standard InChI is InChI=1S/C21H29NO3/c23-20(25-15-17-6-2-1-3-7-17)22-18-10-5-11-19(22)14-21(24,13-18)12-16-8-4-9-16/h1-3,6-7,16,18-19,24H,4-5,8-15H2. The van der Waals surface area contributed by atoms with Crippen LogP contribution in [0, 0.1) is 5.92 Å². The molecule has 1 aliphatic carbocycles. The Hall–Kier alpha value is -1.55. The molecule has 3 fully saturated rings. The van der Waals surface area contributed by atoms with Crippen LogP contribution in [-0.4, -0.2) is 33.8 Å². The number of hydrogen-bond acceptors (Lipinski definition) is 3. The molecule has 3 aliphatic rings. The monoisotopic (exact) mass is 343 g/mol. The molecule has 2 saturated heterocycles. The van der Waals surface area contributed by atoms with Crippen molar-refractivity contribution in [1.29, 1.82) is 0 Å². The Bertz CT molecular complexity index is 584. The molecule has 0 spiro atoms. The first-order chi connectivity index (χ1) is 12.1. The highest BCUT2D eigenvalue weighted by Gasteiger charge is 2.48. The number of piperidine rings is 2. The van der Waals surface area contributed by atoms with Gasteiger partial charge >= 0.3 is 6.09 Å². The maximum absolute atomic E-state index is 12.7. The summed E-state index contributed by atoms with van der Waals surface area (Å²) in [6.07, 6.45) is 9.13. The Morgan fingerprint density at radius 3 is 2.32 bits per heavy atom. The molecule has 2 atom stereocenters. The van der Waals surface area contributed by atoms with E-state index in [1.54, 1.807) is 0 Å². The predicted octanol–water partition coefficient (Wildman–Crippen LogP) is 4.26. The fraction of sp³-hybridized carbons (Fsp3) is 0.667. The average molecular weight is 343 g/mol. The lowest BCUT2D eigenvalue weighted by Crippen LogP contribution is -2.60. The van der Waals surface area contributed by atoms with Gasteiger partial charge in [0.2, 0.25) is 0 Å². The van der Waals surface area contributed by atoms with Gasteiger partial charge in [0, 0.05) is 12.1 Å². The summed E-state index contributed by atoms with van der Waals surface area (Å²) in [7, 11) is 0. The van der Waals surface area contributed by atoms with Crippen molar-refractivity contribution in [2.45, 2.75) is 82.1 Å². The van der Waals surface area contributed by atoms with Gasteiger partial charge < -0.3 is 14.7 Å². The minimum absolute atomic E-state index is 0.140. The van der Waals surface area contributed by atoms with Crippen LogP contribution in [0.3, 0.4) is 0 Å². The van der Waals surface area contributed by atoms with E-state index in [2.05, 4.69) is 0 Å². The van der Waals surface area contributed by atoms with E-state index >= 15 is 0 Å². The third kappa shape index (κ3) is 3.69. The summed E-state index contributed by atoms with van der Waals surface area (Å²) >= 11 is 0. The maximum Gasteiger partial charge on any atom is 0.410 e. The molecule has 1 aromatic rings. The quantitative estimate of drug-likeness (QED) is 0.888. The van der Waals surface area contributed by atoms with Gasteiger partial charge in [-0.1, -0.05) is 49.6 Å². The molecule has 1 aromatic carbocycles. The van der Waals surface area contributed by atoms with E-state index in [1.807, 2.05) is 35.2 Å². The van der Waals surface area contributed by atoms with E-state index in [4.69, 9.17) is 4.74 Å². The molecular weight excluding hydrogens is 314 g/mol. The van der Waals surface area contributed by atoms with E-state index in [0.717, 1.165) is 44.1 Å². The molecule has 0 aromatic heterocycles. The SMILES string of the molecule is O=C(OCc1ccccc1)N1C2CCCC1CC(O)(CC1CCC1)C2. The molecule has 1 saturated carbocycles. The topological polar surface area (TPSA) is 49.8 Å². The number of benzene rings is 1. The van der Waals surface area contributed by atoms with E-state index in [0.29, 0.717) is 12.5 Å². The lowest BCUT2D eigenvalue weighted by atomic mass is 9.69. The number of nitrogens with zero attached hydrogens (tertiary/aromatic N) is 1. The largest absolute Gasteiger partial charge is 0.445 e. The maximum atomic E-state index is 12.7. The average Bonchev–Trinajstić information content (AvgIpc) is 2.56. The van der Waals surface area contributed by atoms with Gasteiger partial charge in [0.05, 0.1) is 5.60 Å². The molecule has 4 rings (SSSR count). The Balaban J connectivity index is 1.39. The second-order valence-electron chi connectivity index (χ2n) is 8.32. The zero-order valence-corrected chi connectivity index (χ0v) is 14.9. The zero-order valence-electron chi connectivity index (χ0n) is 14.9. The van der Waals surface area contributed by atoms with Crippen molar-refractivity contribution >= 4 is 6.09 Å². The van der Waals surface area contributed by atoms with Crippen LogP contribution in [0.4, 0.5) is 4.79 Å². The molecule has 4 nitrogen and oxygen atoms in total.